The number of rotatable bonds is 4. The van der Waals surface area contributed by atoms with E-state index in [1.54, 1.807) is 24.1 Å². The number of hydrogen-bond donors (Lipinski definition) is 3. The molecule has 1 aliphatic heterocycles. The highest BCUT2D eigenvalue weighted by atomic mass is 16.4. The van der Waals surface area contributed by atoms with Gasteiger partial charge in [-0.25, -0.2) is 9.59 Å². The predicted octanol–water partition coefficient (Wildman–Crippen LogP) is 2.19. The first-order valence-corrected chi connectivity index (χ1v) is 9.60. The predicted molar refractivity (Wildman–Crippen MR) is 101 cm³/mol. The van der Waals surface area contributed by atoms with Gasteiger partial charge < -0.3 is 20.6 Å². The second-order valence-corrected chi connectivity index (χ2v) is 7.36. The molecule has 146 valence electrons. The van der Waals surface area contributed by atoms with Crippen molar-refractivity contribution in [2.24, 2.45) is 5.92 Å². The van der Waals surface area contributed by atoms with Crippen molar-refractivity contribution in [3.8, 4) is 0 Å². The van der Waals surface area contributed by atoms with Crippen LogP contribution in [0.2, 0.25) is 0 Å². The monoisotopic (exact) mass is 373 g/mol. The van der Waals surface area contributed by atoms with E-state index in [4.69, 9.17) is 0 Å². The maximum atomic E-state index is 12.6. The zero-order valence-corrected chi connectivity index (χ0v) is 15.6. The largest absolute Gasteiger partial charge is 0.478 e. The zero-order valence-electron chi connectivity index (χ0n) is 15.6. The Kier molecular flexibility index (Phi) is 5.98. The van der Waals surface area contributed by atoms with Crippen LogP contribution in [0.4, 0.5) is 4.79 Å². The Bertz CT molecular complexity index is 713. The number of hydrogen-bond acceptors (Lipinski definition) is 3. The van der Waals surface area contributed by atoms with E-state index in [1.165, 1.54) is 0 Å². The summed E-state index contributed by atoms with van der Waals surface area (Å²) >= 11 is 0. The molecule has 7 heteroatoms. The Morgan fingerprint density at radius 3 is 2.44 bits per heavy atom. The molecule has 0 spiro atoms. The molecular weight excluding hydrogens is 346 g/mol. The molecule has 2 fully saturated rings. The van der Waals surface area contributed by atoms with Crippen LogP contribution in [-0.2, 0) is 4.79 Å². The van der Waals surface area contributed by atoms with Gasteiger partial charge in [0.2, 0.25) is 5.91 Å². The van der Waals surface area contributed by atoms with Gasteiger partial charge in [0, 0.05) is 26.2 Å². The number of aromatic carboxylic acids is 1. The molecule has 1 heterocycles. The van der Waals surface area contributed by atoms with Crippen LogP contribution in [-0.4, -0.2) is 54.1 Å². The molecule has 1 saturated carbocycles. The number of nitrogens with one attached hydrogen (secondary N) is 2. The van der Waals surface area contributed by atoms with Gasteiger partial charge in [-0.15, -0.1) is 0 Å². The van der Waals surface area contributed by atoms with E-state index >= 15 is 0 Å². The summed E-state index contributed by atoms with van der Waals surface area (Å²) in [6, 6.07) is 6.87. The van der Waals surface area contributed by atoms with Gasteiger partial charge in [0.15, 0.2) is 0 Å². The Morgan fingerprint density at radius 1 is 1.07 bits per heavy atom. The van der Waals surface area contributed by atoms with E-state index in [2.05, 4.69) is 10.6 Å². The van der Waals surface area contributed by atoms with Crippen LogP contribution in [0.15, 0.2) is 24.3 Å². The molecule has 7 nitrogen and oxygen atoms in total. The highest BCUT2D eigenvalue weighted by Crippen LogP contribution is 2.31. The maximum Gasteiger partial charge on any atom is 0.335 e. The molecule has 1 aromatic carbocycles. The summed E-state index contributed by atoms with van der Waals surface area (Å²) in [7, 11) is 1.62. The number of nitrogens with zero attached hydrogens (tertiary/aromatic N) is 1. The van der Waals surface area contributed by atoms with Gasteiger partial charge in [-0.05, 0) is 43.2 Å². The fraction of sp³-hybridized carbons (Fsp3) is 0.550. The fourth-order valence-electron chi connectivity index (χ4n) is 4.32. The van der Waals surface area contributed by atoms with E-state index in [9.17, 15) is 19.5 Å². The van der Waals surface area contributed by atoms with Crippen LogP contribution in [0.5, 0.6) is 0 Å². The number of piperidine rings is 1. The number of carboxylic acid groups (broad SMARTS) is 1. The molecule has 2 unspecified atom stereocenters. The van der Waals surface area contributed by atoms with Gasteiger partial charge in [0.1, 0.15) is 0 Å². The van der Waals surface area contributed by atoms with Crippen LogP contribution < -0.4 is 10.6 Å². The maximum absolute atomic E-state index is 12.6. The lowest BCUT2D eigenvalue weighted by Gasteiger charge is -2.34. The standard InChI is InChI=1S/C20H27N3O4/c1-21-18(24)16-7-4-8-17(16)22-20(27)23-11-9-13(10-12-23)14-5-2-3-6-15(14)19(25)26/h2-3,5-6,13,16-17H,4,7-12H2,1H3,(H,21,24)(H,22,27)(H,25,26). The summed E-state index contributed by atoms with van der Waals surface area (Å²) in [6.07, 6.45) is 4.05. The quantitative estimate of drug-likeness (QED) is 0.753. The topological polar surface area (TPSA) is 98.7 Å². The van der Waals surface area contributed by atoms with Gasteiger partial charge in [-0.2, -0.15) is 0 Å². The second-order valence-electron chi connectivity index (χ2n) is 7.36. The fourth-order valence-corrected chi connectivity index (χ4v) is 4.32. The first kappa shape index (κ1) is 19.2. The second kappa shape index (κ2) is 8.41. The van der Waals surface area contributed by atoms with Gasteiger partial charge in [-0.3, -0.25) is 4.79 Å². The Labute approximate surface area is 159 Å². The molecule has 0 aromatic heterocycles. The number of carbonyl (C=O) groups is 3. The van der Waals surface area contributed by atoms with Gasteiger partial charge in [0.05, 0.1) is 11.5 Å². The highest BCUT2D eigenvalue weighted by molar-refractivity contribution is 5.89. The molecule has 1 aliphatic carbocycles. The van der Waals surface area contributed by atoms with Crippen molar-refractivity contribution < 1.29 is 19.5 Å². The summed E-state index contributed by atoms with van der Waals surface area (Å²) in [4.78, 5) is 37.8. The van der Waals surface area contributed by atoms with E-state index in [0.29, 0.717) is 18.7 Å². The lowest BCUT2D eigenvalue weighted by atomic mass is 9.86. The summed E-state index contributed by atoms with van der Waals surface area (Å²) in [5, 5.41) is 15.1. The van der Waals surface area contributed by atoms with Crippen molar-refractivity contribution in [3.63, 3.8) is 0 Å². The van der Waals surface area contributed by atoms with Crippen molar-refractivity contribution in [1.82, 2.24) is 15.5 Å². The summed E-state index contributed by atoms with van der Waals surface area (Å²) in [6.45, 7) is 1.17. The SMILES string of the molecule is CNC(=O)C1CCCC1NC(=O)N1CCC(c2ccccc2C(=O)O)CC1. The summed E-state index contributed by atoms with van der Waals surface area (Å²) < 4.78 is 0. The molecule has 0 radical (unpaired) electrons. The highest BCUT2D eigenvalue weighted by Gasteiger charge is 2.35. The molecular formula is C20H27N3O4. The van der Waals surface area contributed by atoms with Crippen LogP contribution in [0, 0.1) is 5.92 Å². The summed E-state index contributed by atoms with van der Waals surface area (Å²) in [5.74, 6) is -0.931. The first-order valence-electron chi connectivity index (χ1n) is 9.60. The zero-order chi connectivity index (χ0) is 19.4. The smallest absolute Gasteiger partial charge is 0.335 e. The minimum atomic E-state index is -0.910. The average molecular weight is 373 g/mol. The lowest BCUT2D eigenvalue weighted by molar-refractivity contribution is -0.124. The molecule has 3 N–H and O–H groups in total. The van der Waals surface area contributed by atoms with Gasteiger partial charge >= 0.3 is 12.0 Å². The molecule has 3 amide bonds. The van der Waals surface area contributed by atoms with Gasteiger partial charge in [0.25, 0.3) is 0 Å². The molecule has 2 atom stereocenters. The van der Waals surface area contributed by atoms with Crippen molar-refractivity contribution in [3.05, 3.63) is 35.4 Å². The van der Waals surface area contributed by atoms with E-state index < -0.39 is 5.97 Å². The molecule has 27 heavy (non-hydrogen) atoms. The number of amides is 3. The number of likely N-dealkylation sites (tertiary alicyclic amines) is 1. The summed E-state index contributed by atoms with van der Waals surface area (Å²) in [5.41, 5.74) is 1.19. The van der Waals surface area contributed by atoms with E-state index in [1.807, 2.05) is 12.1 Å². The Balaban J connectivity index is 1.57. The molecule has 3 rings (SSSR count). The minimum Gasteiger partial charge on any atom is -0.478 e. The van der Waals surface area contributed by atoms with Crippen LogP contribution >= 0.6 is 0 Å². The third kappa shape index (κ3) is 4.23. The Morgan fingerprint density at radius 2 is 1.78 bits per heavy atom. The third-order valence-electron chi connectivity index (χ3n) is 5.82. The van der Waals surface area contributed by atoms with Crippen molar-refractivity contribution in [2.75, 3.05) is 20.1 Å². The van der Waals surface area contributed by atoms with Crippen molar-refractivity contribution in [2.45, 2.75) is 44.1 Å². The van der Waals surface area contributed by atoms with Crippen molar-refractivity contribution in [1.29, 1.82) is 0 Å². The van der Waals surface area contributed by atoms with E-state index in [0.717, 1.165) is 37.7 Å². The number of carboxylic acids is 1. The normalized spacial score (nSPS) is 23.1. The average Bonchev–Trinajstić information content (AvgIpc) is 3.15. The van der Waals surface area contributed by atoms with Crippen LogP contribution in [0.1, 0.15) is 53.9 Å². The van der Waals surface area contributed by atoms with Crippen LogP contribution in [0.3, 0.4) is 0 Å². The molecule has 0 bridgehead atoms. The lowest BCUT2D eigenvalue weighted by Crippen LogP contribution is -2.50. The van der Waals surface area contributed by atoms with Gasteiger partial charge in [-0.1, -0.05) is 24.6 Å². The third-order valence-corrected chi connectivity index (χ3v) is 5.82. The minimum absolute atomic E-state index is 0.0122. The number of urea groups is 1. The first-order chi connectivity index (χ1) is 13.0. The molecule has 1 aromatic rings. The number of benzene rings is 1. The molecule has 1 saturated heterocycles. The number of carbonyl (C=O) groups excluding carboxylic acids is 2. The van der Waals surface area contributed by atoms with Crippen LogP contribution in [0.25, 0.3) is 0 Å². The molecule has 2 aliphatic rings. The Hall–Kier alpha value is -2.57. The van der Waals surface area contributed by atoms with Crippen molar-refractivity contribution >= 4 is 17.9 Å². The van der Waals surface area contributed by atoms with E-state index in [-0.39, 0.29) is 29.8 Å².